The second-order valence-electron chi connectivity index (χ2n) is 4.48. The van der Waals surface area contributed by atoms with Crippen molar-refractivity contribution >= 4 is 5.91 Å². The van der Waals surface area contributed by atoms with Gasteiger partial charge in [-0.2, -0.15) is 0 Å². The molecule has 110 valence electrons. The third-order valence-corrected chi connectivity index (χ3v) is 2.85. The highest BCUT2D eigenvalue weighted by Crippen LogP contribution is 2.32. The molecule has 0 fully saturated rings. The Labute approximate surface area is 114 Å². The van der Waals surface area contributed by atoms with Crippen LogP contribution in [0.25, 0.3) is 0 Å². The lowest BCUT2D eigenvalue weighted by atomic mass is 10.1. The fourth-order valence-corrected chi connectivity index (χ4v) is 1.73. The highest BCUT2D eigenvalue weighted by Gasteiger charge is 2.28. The number of fused-ring (bicyclic) bond motifs is 1. The van der Waals surface area contributed by atoms with Crippen molar-refractivity contribution in [3.05, 3.63) is 23.8 Å². The van der Waals surface area contributed by atoms with E-state index in [-0.39, 0.29) is 13.2 Å². The van der Waals surface area contributed by atoms with Crippen molar-refractivity contribution in [1.82, 2.24) is 5.32 Å². The molecular weight excluding hydrogens is 272 g/mol. The minimum atomic E-state index is -3.28. The molecule has 7 heteroatoms. The molecule has 0 saturated carbocycles. The number of aryl methyl sites for hydroxylation is 1. The number of halogens is 2. The van der Waals surface area contributed by atoms with Gasteiger partial charge in [0, 0.05) is 6.42 Å². The van der Waals surface area contributed by atoms with E-state index in [1.165, 1.54) is 0 Å². The first kappa shape index (κ1) is 14.5. The van der Waals surface area contributed by atoms with E-state index in [9.17, 15) is 13.6 Å². The predicted octanol–water partition coefficient (Wildman–Crippen LogP) is 1.09. The van der Waals surface area contributed by atoms with E-state index in [4.69, 9.17) is 14.6 Å². The number of nitrogens with one attached hydrogen (secondary N) is 1. The molecule has 20 heavy (non-hydrogen) atoms. The van der Waals surface area contributed by atoms with Gasteiger partial charge in [0.1, 0.15) is 6.61 Å². The Balaban J connectivity index is 1.79. The van der Waals surface area contributed by atoms with Gasteiger partial charge in [-0.15, -0.1) is 0 Å². The van der Waals surface area contributed by atoms with Crippen LogP contribution < -0.4 is 14.8 Å². The number of rotatable bonds is 6. The smallest absolute Gasteiger partial charge is 0.287 e. The SMILES string of the molecule is O=C(CCc1ccc2c(c1)OCO2)NCC(F)(F)CO. The fourth-order valence-electron chi connectivity index (χ4n) is 1.73. The van der Waals surface area contributed by atoms with Crippen LogP contribution in [0.4, 0.5) is 8.78 Å². The number of hydrogen-bond acceptors (Lipinski definition) is 4. The number of carbonyl (C=O) groups excluding carboxylic acids is 1. The van der Waals surface area contributed by atoms with Gasteiger partial charge in [-0.1, -0.05) is 6.07 Å². The Morgan fingerprint density at radius 2 is 2.10 bits per heavy atom. The molecule has 0 atom stereocenters. The van der Waals surface area contributed by atoms with E-state index in [2.05, 4.69) is 5.32 Å². The Morgan fingerprint density at radius 3 is 2.85 bits per heavy atom. The summed E-state index contributed by atoms with van der Waals surface area (Å²) < 4.78 is 35.8. The van der Waals surface area contributed by atoms with Gasteiger partial charge in [-0.25, -0.2) is 8.78 Å². The van der Waals surface area contributed by atoms with Gasteiger partial charge in [0.25, 0.3) is 5.92 Å². The van der Waals surface area contributed by atoms with E-state index in [1.807, 2.05) is 0 Å². The van der Waals surface area contributed by atoms with Gasteiger partial charge in [0.15, 0.2) is 11.5 Å². The molecule has 0 saturated heterocycles. The largest absolute Gasteiger partial charge is 0.454 e. The number of ether oxygens (including phenoxy) is 2. The Hall–Kier alpha value is -1.89. The number of alkyl halides is 2. The Kier molecular flexibility index (Phi) is 4.39. The van der Waals surface area contributed by atoms with Gasteiger partial charge < -0.3 is 19.9 Å². The third kappa shape index (κ3) is 3.80. The minimum absolute atomic E-state index is 0.0845. The summed E-state index contributed by atoms with van der Waals surface area (Å²) in [5, 5.41) is 10.5. The molecule has 1 aromatic carbocycles. The van der Waals surface area contributed by atoms with Crippen molar-refractivity contribution in [2.45, 2.75) is 18.8 Å². The van der Waals surface area contributed by atoms with Gasteiger partial charge in [-0.05, 0) is 24.1 Å². The van der Waals surface area contributed by atoms with Crippen molar-refractivity contribution in [3.63, 3.8) is 0 Å². The number of benzene rings is 1. The summed E-state index contributed by atoms with van der Waals surface area (Å²) in [7, 11) is 0. The molecule has 2 rings (SSSR count). The van der Waals surface area contributed by atoms with Crippen molar-refractivity contribution in [3.8, 4) is 11.5 Å². The number of aliphatic hydroxyl groups is 1. The molecule has 0 aliphatic carbocycles. The van der Waals surface area contributed by atoms with Crippen molar-refractivity contribution in [2.24, 2.45) is 0 Å². The second-order valence-corrected chi connectivity index (χ2v) is 4.48. The molecule has 0 spiro atoms. The van der Waals surface area contributed by atoms with Crippen molar-refractivity contribution in [2.75, 3.05) is 19.9 Å². The van der Waals surface area contributed by atoms with Crippen LogP contribution in [0, 0.1) is 0 Å². The van der Waals surface area contributed by atoms with E-state index in [0.717, 1.165) is 5.56 Å². The predicted molar refractivity (Wildman–Crippen MR) is 65.9 cm³/mol. The van der Waals surface area contributed by atoms with Gasteiger partial charge in [0.05, 0.1) is 6.54 Å². The van der Waals surface area contributed by atoms with Gasteiger partial charge in [0.2, 0.25) is 12.7 Å². The molecule has 1 heterocycles. The molecular formula is C13H15F2NO4. The monoisotopic (exact) mass is 287 g/mol. The average Bonchev–Trinajstić information content (AvgIpc) is 2.90. The first-order valence-electron chi connectivity index (χ1n) is 6.14. The number of carbonyl (C=O) groups is 1. The Morgan fingerprint density at radius 1 is 1.35 bits per heavy atom. The summed E-state index contributed by atoms with van der Waals surface area (Å²) in [5.41, 5.74) is 0.860. The summed E-state index contributed by atoms with van der Waals surface area (Å²) in [6.45, 7) is -1.96. The zero-order valence-electron chi connectivity index (χ0n) is 10.7. The normalized spacial score (nSPS) is 13.3. The van der Waals surface area contributed by atoms with E-state index >= 15 is 0 Å². The molecule has 0 unspecified atom stereocenters. The van der Waals surface area contributed by atoms with Crippen LogP contribution in [-0.2, 0) is 11.2 Å². The van der Waals surface area contributed by atoms with Crippen LogP contribution in [0.1, 0.15) is 12.0 Å². The molecule has 1 aliphatic heterocycles. The van der Waals surface area contributed by atoms with Crippen molar-refractivity contribution in [1.29, 1.82) is 0 Å². The number of hydrogen-bond donors (Lipinski definition) is 2. The maximum atomic E-state index is 12.7. The summed E-state index contributed by atoms with van der Waals surface area (Å²) in [5.74, 6) is -2.50. The summed E-state index contributed by atoms with van der Waals surface area (Å²) in [6, 6.07) is 5.30. The third-order valence-electron chi connectivity index (χ3n) is 2.85. The molecule has 2 N–H and O–H groups in total. The maximum Gasteiger partial charge on any atom is 0.287 e. The number of amides is 1. The van der Waals surface area contributed by atoms with Crippen LogP contribution in [0.2, 0.25) is 0 Å². The zero-order chi connectivity index (χ0) is 14.6. The van der Waals surface area contributed by atoms with Gasteiger partial charge >= 0.3 is 0 Å². The first-order chi connectivity index (χ1) is 9.50. The Bertz CT molecular complexity index is 493. The molecule has 0 radical (unpaired) electrons. The standard InChI is InChI=1S/C13H15F2NO4/c14-13(15,7-17)6-16-12(18)4-2-9-1-3-10-11(5-9)20-8-19-10/h1,3,5,17H,2,4,6-8H2,(H,16,18). The fraction of sp³-hybridized carbons (Fsp3) is 0.462. The molecule has 0 aromatic heterocycles. The number of aliphatic hydroxyl groups excluding tert-OH is 1. The second kappa shape index (κ2) is 6.04. The zero-order valence-corrected chi connectivity index (χ0v) is 10.7. The molecule has 5 nitrogen and oxygen atoms in total. The van der Waals surface area contributed by atoms with E-state index in [1.54, 1.807) is 18.2 Å². The van der Waals surface area contributed by atoms with Crippen LogP contribution in [0.3, 0.4) is 0 Å². The lowest BCUT2D eigenvalue weighted by Crippen LogP contribution is -2.39. The van der Waals surface area contributed by atoms with Crippen LogP contribution >= 0.6 is 0 Å². The quantitative estimate of drug-likeness (QED) is 0.822. The summed E-state index contributed by atoms with van der Waals surface area (Å²) in [4.78, 5) is 11.4. The highest BCUT2D eigenvalue weighted by molar-refractivity contribution is 5.76. The van der Waals surface area contributed by atoms with Crippen molar-refractivity contribution < 1.29 is 28.2 Å². The summed E-state index contributed by atoms with van der Waals surface area (Å²) in [6.07, 6.45) is 0.494. The highest BCUT2D eigenvalue weighted by atomic mass is 19.3. The maximum absolute atomic E-state index is 12.7. The van der Waals surface area contributed by atoms with Gasteiger partial charge in [-0.3, -0.25) is 4.79 Å². The topological polar surface area (TPSA) is 67.8 Å². The van der Waals surface area contributed by atoms with Crippen LogP contribution in [0.15, 0.2) is 18.2 Å². The van der Waals surface area contributed by atoms with E-state index < -0.39 is 25.0 Å². The summed E-state index contributed by atoms with van der Waals surface area (Å²) >= 11 is 0. The lowest BCUT2D eigenvalue weighted by Gasteiger charge is -2.13. The van der Waals surface area contributed by atoms with E-state index in [0.29, 0.717) is 17.9 Å². The minimum Gasteiger partial charge on any atom is -0.454 e. The molecule has 1 amide bonds. The molecule has 1 aliphatic rings. The molecule has 1 aromatic rings. The van der Waals surface area contributed by atoms with Crippen LogP contribution in [-0.4, -0.2) is 36.9 Å². The average molecular weight is 287 g/mol. The van der Waals surface area contributed by atoms with Crippen LogP contribution in [0.5, 0.6) is 11.5 Å². The molecule has 0 bridgehead atoms. The lowest BCUT2D eigenvalue weighted by molar-refractivity contribution is -0.124. The first-order valence-corrected chi connectivity index (χ1v) is 6.14.